The van der Waals surface area contributed by atoms with Gasteiger partial charge in [-0.15, -0.1) is 0 Å². The van der Waals surface area contributed by atoms with Crippen LogP contribution in [0.25, 0.3) is 5.78 Å². The van der Waals surface area contributed by atoms with Crippen molar-refractivity contribution in [3.8, 4) is 0 Å². The summed E-state index contributed by atoms with van der Waals surface area (Å²) in [7, 11) is -3.57. The third-order valence-corrected chi connectivity index (χ3v) is 6.99. The Labute approximate surface area is 163 Å². The molecular weight excluding hydrogens is 384 g/mol. The van der Waals surface area contributed by atoms with Crippen molar-refractivity contribution in [2.24, 2.45) is 0 Å². The number of rotatable bonds is 3. The van der Waals surface area contributed by atoms with Gasteiger partial charge >= 0.3 is 0 Å². The van der Waals surface area contributed by atoms with E-state index in [0.29, 0.717) is 37.7 Å². The molecule has 0 aromatic carbocycles. The normalized spacial score (nSPS) is 25.3. The van der Waals surface area contributed by atoms with E-state index in [0.717, 1.165) is 0 Å². The molecule has 28 heavy (non-hydrogen) atoms. The molecule has 0 spiro atoms. The van der Waals surface area contributed by atoms with Gasteiger partial charge in [0.05, 0.1) is 12.2 Å². The van der Waals surface area contributed by atoms with Crippen LogP contribution in [0.1, 0.15) is 24.3 Å². The smallest absolute Gasteiger partial charge is 0.282 e. The van der Waals surface area contributed by atoms with E-state index in [-0.39, 0.29) is 31.2 Å². The van der Waals surface area contributed by atoms with Gasteiger partial charge in [0.15, 0.2) is 0 Å². The summed E-state index contributed by atoms with van der Waals surface area (Å²) in [6, 6.07) is 1.76. The second-order valence-corrected chi connectivity index (χ2v) is 9.15. The van der Waals surface area contributed by atoms with E-state index in [1.54, 1.807) is 34.0 Å². The number of fused-ring (bicyclic) bond motifs is 1. The van der Waals surface area contributed by atoms with Gasteiger partial charge in [-0.3, -0.25) is 9.20 Å². The van der Waals surface area contributed by atoms with E-state index in [1.807, 2.05) is 13.8 Å². The lowest BCUT2D eigenvalue weighted by Gasteiger charge is -2.40. The average molecular weight is 408 g/mol. The Kier molecular flexibility index (Phi) is 5.08. The van der Waals surface area contributed by atoms with Crippen LogP contribution in [0.2, 0.25) is 0 Å². The van der Waals surface area contributed by atoms with Crippen LogP contribution in [0.3, 0.4) is 0 Å². The highest BCUT2D eigenvalue weighted by molar-refractivity contribution is 7.86. The summed E-state index contributed by atoms with van der Waals surface area (Å²) in [5.41, 5.74) is 0.311. The van der Waals surface area contributed by atoms with Crippen molar-refractivity contribution in [3.63, 3.8) is 0 Å². The van der Waals surface area contributed by atoms with Crippen LogP contribution in [0.15, 0.2) is 24.7 Å². The quantitative estimate of drug-likeness (QED) is 0.700. The molecule has 4 heterocycles. The summed E-state index contributed by atoms with van der Waals surface area (Å²) in [6.45, 7) is 5.63. The van der Waals surface area contributed by atoms with Crippen LogP contribution in [-0.2, 0) is 14.9 Å². The molecule has 0 saturated carbocycles. The van der Waals surface area contributed by atoms with Gasteiger partial charge in [-0.05, 0) is 19.9 Å². The van der Waals surface area contributed by atoms with E-state index in [9.17, 15) is 13.2 Å². The third kappa shape index (κ3) is 3.62. The maximum absolute atomic E-state index is 13.0. The van der Waals surface area contributed by atoms with Gasteiger partial charge in [-0.1, -0.05) is 0 Å². The second-order valence-electron chi connectivity index (χ2n) is 7.23. The molecule has 2 aliphatic heterocycles. The molecule has 0 unspecified atom stereocenters. The van der Waals surface area contributed by atoms with E-state index in [4.69, 9.17) is 4.74 Å². The van der Waals surface area contributed by atoms with Crippen LogP contribution in [0.4, 0.5) is 0 Å². The van der Waals surface area contributed by atoms with Crippen molar-refractivity contribution in [2.75, 3.05) is 39.3 Å². The van der Waals surface area contributed by atoms with Gasteiger partial charge in [0.25, 0.3) is 16.1 Å². The van der Waals surface area contributed by atoms with Crippen molar-refractivity contribution in [2.45, 2.75) is 26.1 Å². The fourth-order valence-electron chi connectivity index (χ4n) is 3.70. The molecule has 2 aliphatic rings. The lowest BCUT2D eigenvalue weighted by Crippen LogP contribution is -2.57. The first-order chi connectivity index (χ1) is 13.3. The zero-order chi connectivity index (χ0) is 19.9. The van der Waals surface area contributed by atoms with Crippen LogP contribution in [-0.4, -0.2) is 93.7 Å². The summed E-state index contributed by atoms with van der Waals surface area (Å²) in [5, 5.41) is 0. The zero-order valence-corrected chi connectivity index (χ0v) is 16.7. The number of ether oxygens (including phenoxy) is 1. The molecule has 152 valence electrons. The van der Waals surface area contributed by atoms with Crippen LogP contribution < -0.4 is 0 Å². The highest BCUT2D eigenvalue weighted by Crippen LogP contribution is 2.19. The maximum Gasteiger partial charge on any atom is 0.282 e. The lowest BCUT2D eigenvalue weighted by atomic mass is 10.3. The van der Waals surface area contributed by atoms with E-state index >= 15 is 0 Å². The summed E-state index contributed by atoms with van der Waals surface area (Å²) < 4.78 is 36.2. The third-order valence-electron chi connectivity index (χ3n) is 5.02. The molecule has 2 saturated heterocycles. The minimum atomic E-state index is -3.57. The number of carbonyl (C=O) groups excluding carboxylic acids is 1. The lowest BCUT2D eigenvalue weighted by molar-refractivity contribution is -0.0457. The summed E-state index contributed by atoms with van der Waals surface area (Å²) in [6.07, 6.45) is 4.77. The fraction of sp³-hybridized carbons (Fsp3) is 0.588. The minimum absolute atomic E-state index is 0.134. The first-order valence-electron chi connectivity index (χ1n) is 9.34. The van der Waals surface area contributed by atoms with Gasteiger partial charge in [0.1, 0.15) is 5.69 Å². The van der Waals surface area contributed by atoms with Crippen LogP contribution in [0, 0.1) is 0 Å². The molecule has 1 amide bonds. The molecule has 2 aromatic rings. The predicted molar refractivity (Wildman–Crippen MR) is 101 cm³/mol. The number of imidazole rings is 1. The number of piperazine rings is 1. The van der Waals surface area contributed by atoms with Crippen LogP contribution >= 0.6 is 0 Å². The van der Waals surface area contributed by atoms with Crippen molar-refractivity contribution in [3.05, 3.63) is 30.4 Å². The van der Waals surface area contributed by atoms with Gasteiger partial charge < -0.3 is 9.64 Å². The molecule has 0 aliphatic carbocycles. The summed E-state index contributed by atoms with van der Waals surface area (Å²) in [4.78, 5) is 22.7. The monoisotopic (exact) mass is 408 g/mol. The number of hydrogen-bond donors (Lipinski definition) is 0. The topological polar surface area (TPSA) is 100 Å². The van der Waals surface area contributed by atoms with Crippen molar-refractivity contribution in [1.29, 1.82) is 0 Å². The molecule has 2 fully saturated rings. The molecule has 0 radical (unpaired) electrons. The van der Waals surface area contributed by atoms with Crippen molar-refractivity contribution >= 4 is 21.9 Å². The first-order valence-corrected chi connectivity index (χ1v) is 10.7. The maximum atomic E-state index is 13.0. The molecule has 10 nitrogen and oxygen atoms in total. The number of carbonyl (C=O) groups is 1. The number of morpholine rings is 1. The molecule has 4 rings (SSSR count). The van der Waals surface area contributed by atoms with Gasteiger partial charge in [-0.25, -0.2) is 9.97 Å². The molecule has 2 atom stereocenters. The predicted octanol–water partition coefficient (Wildman–Crippen LogP) is -0.159. The summed E-state index contributed by atoms with van der Waals surface area (Å²) in [5.74, 6) is 0.249. The summed E-state index contributed by atoms with van der Waals surface area (Å²) >= 11 is 0. The molecule has 11 heteroatoms. The Morgan fingerprint density at radius 3 is 2.43 bits per heavy atom. The minimum Gasteiger partial charge on any atom is -0.373 e. The largest absolute Gasteiger partial charge is 0.373 e. The number of aromatic nitrogens is 3. The van der Waals surface area contributed by atoms with Crippen molar-refractivity contribution in [1.82, 2.24) is 27.9 Å². The highest BCUT2D eigenvalue weighted by Gasteiger charge is 2.37. The standard InChI is InChI=1S/C17H24N6O4S/c1-13-10-23(11-14(2)27-13)28(25,26)22-8-6-20(7-9-22)16(24)15-12-21-5-3-4-18-17(21)19-15/h3-5,12-14H,6-11H2,1-2H3/t13-,14-/m1/s1. The SMILES string of the molecule is C[C@@H]1CN(S(=O)(=O)N2CCN(C(=O)c3cn4cccnc4n3)CC2)C[C@@H](C)O1. The van der Waals surface area contributed by atoms with Crippen LogP contribution in [0.5, 0.6) is 0 Å². The van der Waals surface area contributed by atoms with E-state index in [2.05, 4.69) is 9.97 Å². The Morgan fingerprint density at radius 2 is 1.79 bits per heavy atom. The molecule has 0 bridgehead atoms. The van der Waals surface area contributed by atoms with E-state index < -0.39 is 10.2 Å². The Bertz CT molecular complexity index is 926. The average Bonchev–Trinajstić information content (AvgIpc) is 3.11. The second kappa shape index (κ2) is 7.39. The highest BCUT2D eigenvalue weighted by atomic mass is 32.2. The van der Waals surface area contributed by atoms with E-state index in [1.165, 1.54) is 8.61 Å². The van der Waals surface area contributed by atoms with Gasteiger partial charge in [-0.2, -0.15) is 17.0 Å². The fourth-order valence-corrected chi connectivity index (χ4v) is 5.45. The Balaban J connectivity index is 1.41. The zero-order valence-electron chi connectivity index (χ0n) is 15.9. The first kappa shape index (κ1) is 19.2. The number of nitrogens with zero attached hydrogens (tertiary/aromatic N) is 6. The van der Waals surface area contributed by atoms with Gasteiger partial charge in [0, 0.05) is 57.9 Å². The molecule has 2 aromatic heterocycles. The van der Waals surface area contributed by atoms with Gasteiger partial charge in [0.2, 0.25) is 5.78 Å². The molecular formula is C17H24N6O4S. The Hall–Kier alpha value is -2.08. The van der Waals surface area contributed by atoms with Crippen molar-refractivity contribution < 1.29 is 17.9 Å². The number of amides is 1. The molecule has 0 N–H and O–H groups in total. The Morgan fingerprint density at radius 1 is 1.11 bits per heavy atom. The number of hydrogen-bond acceptors (Lipinski definition) is 6.